The summed E-state index contributed by atoms with van der Waals surface area (Å²) in [5.74, 6) is 1.07. The zero-order chi connectivity index (χ0) is 19.8. The lowest BCUT2D eigenvalue weighted by atomic mass is 9.99. The second-order valence-corrected chi connectivity index (χ2v) is 7.38. The minimum Gasteiger partial charge on any atom is -0.357 e. The van der Waals surface area contributed by atoms with Gasteiger partial charge in [0.15, 0.2) is 5.96 Å². The molecular weight excluding hydrogens is 481 g/mol. The van der Waals surface area contributed by atoms with Crippen LogP contribution < -0.4 is 16.0 Å². The van der Waals surface area contributed by atoms with Crippen LogP contribution in [0.25, 0.3) is 0 Å². The smallest absolute Gasteiger partial charge is 0.222 e. The van der Waals surface area contributed by atoms with Gasteiger partial charge < -0.3 is 20.9 Å². The second kappa shape index (κ2) is 12.0. The Morgan fingerprint density at radius 1 is 1.28 bits per heavy atom. The van der Waals surface area contributed by atoms with E-state index >= 15 is 0 Å². The normalized spacial score (nSPS) is 18.9. The van der Waals surface area contributed by atoms with Gasteiger partial charge in [-0.15, -0.1) is 24.0 Å². The standard InChI is InChI=1S/C21H31N5O2.HI/c1-2-22-21(25-18-9-10-19(27)24-14-18)23-12-5-8-20(28)26-13-11-16-6-3-4-7-17(16)15-26;/h3-4,6-7,18H,2,5,8-15H2,1H3,(H,24,27)(H2,22,23,25);1H. The van der Waals surface area contributed by atoms with Gasteiger partial charge >= 0.3 is 0 Å². The molecule has 29 heavy (non-hydrogen) atoms. The average molecular weight is 513 g/mol. The van der Waals surface area contributed by atoms with Gasteiger partial charge in [0.25, 0.3) is 0 Å². The van der Waals surface area contributed by atoms with E-state index in [1.54, 1.807) is 0 Å². The summed E-state index contributed by atoms with van der Waals surface area (Å²) in [6.45, 7) is 5.55. The van der Waals surface area contributed by atoms with Gasteiger partial charge in [-0.25, -0.2) is 0 Å². The maximum Gasteiger partial charge on any atom is 0.222 e. The van der Waals surface area contributed by atoms with Crippen LogP contribution in [0.2, 0.25) is 0 Å². The SMILES string of the molecule is CCNC(=NCCCC(=O)N1CCc2ccccc2C1)NC1CCC(=O)NC1.I. The lowest BCUT2D eigenvalue weighted by Crippen LogP contribution is -2.51. The maximum atomic E-state index is 12.5. The van der Waals surface area contributed by atoms with Crippen LogP contribution in [-0.2, 0) is 22.6 Å². The van der Waals surface area contributed by atoms with Gasteiger partial charge in [0.1, 0.15) is 0 Å². The van der Waals surface area contributed by atoms with Gasteiger partial charge in [-0.3, -0.25) is 14.6 Å². The van der Waals surface area contributed by atoms with E-state index in [9.17, 15) is 9.59 Å². The molecule has 3 rings (SSSR count). The first-order valence-electron chi connectivity index (χ1n) is 10.3. The lowest BCUT2D eigenvalue weighted by molar-refractivity contribution is -0.132. The number of hydrogen-bond donors (Lipinski definition) is 3. The monoisotopic (exact) mass is 513 g/mol. The number of carbonyl (C=O) groups excluding carboxylic acids is 2. The highest BCUT2D eigenvalue weighted by Crippen LogP contribution is 2.19. The van der Waals surface area contributed by atoms with E-state index in [1.807, 2.05) is 17.9 Å². The Morgan fingerprint density at radius 3 is 2.79 bits per heavy atom. The van der Waals surface area contributed by atoms with E-state index in [0.717, 1.165) is 44.9 Å². The minimum atomic E-state index is 0. The van der Waals surface area contributed by atoms with Crippen LogP contribution in [0.15, 0.2) is 29.3 Å². The van der Waals surface area contributed by atoms with Gasteiger partial charge in [-0.2, -0.15) is 0 Å². The summed E-state index contributed by atoms with van der Waals surface area (Å²) in [4.78, 5) is 30.4. The Kier molecular flexibility index (Phi) is 9.69. The number of rotatable bonds is 6. The molecule has 0 spiro atoms. The van der Waals surface area contributed by atoms with Crippen LogP contribution in [0.5, 0.6) is 0 Å². The van der Waals surface area contributed by atoms with Gasteiger partial charge in [0.2, 0.25) is 11.8 Å². The van der Waals surface area contributed by atoms with Gasteiger partial charge in [-0.1, -0.05) is 24.3 Å². The summed E-state index contributed by atoms with van der Waals surface area (Å²) in [5.41, 5.74) is 2.62. The molecule has 0 aromatic heterocycles. The van der Waals surface area contributed by atoms with Crippen molar-refractivity contribution < 1.29 is 9.59 Å². The average Bonchev–Trinajstić information content (AvgIpc) is 2.72. The first-order valence-corrected chi connectivity index (χ1v) is 10.3. The highest BCUT2D eigenvalue weighted by molar-refractivity contribution is 14.0. The molecule has 1 saturated heterocycles. The number of nitrogens with one attached hydrogen (secondary N) is 3. The van der Waals surface area contributed by atoms with Crippen LogP contribution >= 0.6 is 24.0 Å². The molecule has 3 N–H and O–H groups in total. The van der Waals surface area contributed by atoms with Crippen molar-refractivity contribution in [1.82, 2.24) is 20.9 Å². The molecule has 0 saturated carbocycles. The van der Waals surface area contributed by atoms with E-state index in [1.165, 1.54) is 11.1 Å². The Bertz CT molecular complexity index is 715. The molecule has 8 heteroatoms. The van der Waals surface area contributed by atoms with E-state index in [-0.39, 0.29) is 41.8 Å². The summed E-state index contributed by atoms with van der Waals surface area (Å²) in [5, 5.41) is 9.47. The first-order chi connectivity index (χ1) is 13.7. The Hall–Kier alpha value is -1.84. The molecule has 0 radical (unpaired) electrons. The number of benzene rings is 1. The van der Waals surface area contributed by atoms with E-state index in [2.05, 4.69) is 39.1 Å². The van der Waals surface area contributed by atoms with Crippen molar-refractivity contribution in [2.45, 2.75) is 51.6 Å². The fraction of sp³-hybridized carbons (Fsp3) is 0.571. The van der Waals surface area contributed by atoms with Gasteiger partial charge in [0, 0.05) is 51.6 Å². The van der Waals surface area contributed by atoms with Crippen molar-refractivity contribution in [1.29, 1.82) is 0 Å². The molecule has 2 amide bonds. The van der Waals surface area contributed by atoms with Crippen LogP contribution in [-0.4, -0.2) is 54.9 Å². The molecule has 0 aliphatic carbocycles. The third-order valence-corrected chi connectivity index (χ3v) is 5.25. The number of fused-ring (bicyclic) bond motifs is 1. The quantitative estimate of drug-likeness (QED) is 0.235. The minimum absolute atomic E-state index is 0. The topological polar surface area (TPSA) is 85.8 Å². The number of hydrogen-bond acceptors (Lipinski definition) is 3. The third kappa shape index (κ3) is 7.17. The number of piperidine rings is 1. The Balaban J connectivity index is 0.00000300. The third-order valence-electron chi connectivity index (χ3n) is 5.25. The van der Waals surface area contributed by atoms with Crippen molar-refractivity contribution in [3.05, 3.63) is 35.4 Å². The highest BCUT2D eigenvalue weighted by atomic mass is 127. The maximum absolute atomic E-state index is 12.5. The number of amides is 2. The van der Waals surface area contributed by atoms with Crippen molar-refractivity contribution in [2.75, 3.05) is 26.2 Å². The molecule has 1 aromatic rings. The summed E-state index contributed by atoms with van der Waals surface area (Å²) in [6.07, 6.45) is 3.54. The molecule has 1 aromatic carbocycles. The molecular formula is C21H32IN5O2. The molecule has 1 fully saturated rings. The molecule has 2 aliphatic heterocycles. The molecule has 0 bridgehead atoms. The molecule has 2 aliphatic rings. The summed E-state index contributed by atoms with van der Waals surface area (Å²) in [7, 11) is 0. The molecule has 2 heterocycles. The van der Waals surface area contributed by atoms with Crippen LogP contribution in [0.4, 0.5) is 0 Å². The first kappa shape index (κ1) is 23.4. The fourth-order valence-corrected chi connectivity index (χ4v) is 3.66. The predicted molar refractivity (Wildman–Crippen MR) is 125 cm³/mol. The Morgan fingerprint density at radius 2 is 2.07 bits per heavy atom. The largest absolute Gasteiger partial charge is 0.357 e. The molecule has 7 nitrogen and oxygen atoms in total. The van der Waals surface area contributed by atoms with Crippen molar-refractivity contribution in [3.63, 3.8) is 0 Å². The zero-order valence-electron chi connectivity index (χ0n) is 17.1. The fourth-order valence-electron chi connectivity index (χ4n) is 3.66. The number of guanidine groups is 1. The van der Waals surface area contributed by atoms with Gasteiger partial charge in [0.05, 0.1) is 0 Å². The van der Waals surface area contributed by atoms with E-state index in [0.29, 0.717) is 25.9 Å². The summed E-state index contributed by atoms with van der Waals surface area (Å²) in [6, 6.07) is 8.56. The lowest BCUT2D eigenvalue weighted by Gasteiger charge is -2.29. The number of halogens is 1. The molecule has 160 valence electrons. The van der Waals surface area contributed by atoms with Crippen LogP contribution in [0, 0.1) is 0 Å². The van der Waals surface area contributed by atoms with E-state index < -0.39 is 0 Å². The van der Waals surface area contributed by atoms with Crippen LogP contribution in [0.3, 0.4) is 0 Å². The summed E-state index contributed by atoms with van der Waals surface area (Å²) < 4.78 is 0. The van der Waals surface area contributed by atoms with Crippen molar-refractivity contribution >= 4 is 41.8 Å². The second-order valence-electron chi connectivity index (χ2n) is 7.38. The summed E-state index contributed by atoms with van der Waals surface area (Å²) >= 11 is 0. The van der Waals surface area contributed by atoms with Crippen molar-refractivity contribution in [3.8, 4) is 0 Å². The van der Waals surface area contributed by atoms with Gasteiger partial charge in [-0.05, 0) is 37.3 Å². The predicted octanol–water partition coefficient (Wildman–Crippen LogP) is 1.80. The van der Waals surface area contributed by atoms with Crippen LogP contribution in [0.1, 0.15) is 43.7 Å². The molecule has 1 atom stereocenters. The number of aliphatic imine (C=N–C) groups is 1. The highest BCUT2D eigenvalue weighted by Gasteiger charge is 2.20. The van der Waals surface area contributed by atoms with Crippen molar-refractivity contribution in [2.24, 2.45) is 4.99 Å². The van der Waals surface area contributed by atoms with E-state index in [4.69, 9.17) is 0 Å². The Labute approximate surface area is 190 Å². The number of carbonyl (C=O) groups is 2. The number of nitrogens with zero attached hydrogens (tertiary/aromatic N) is 2. The zero-order valence-corrected chi connectivity index (χ0v) is 19.4. The molecule has 1 unspecified atom stereocenters.